The topological polar surface area (TPSA) is 81.4 Å². The second-order valence-corrected chi connectivity index (χ2v) is 8.21. The third-order valence-electron chi connectivity index (χ3n) is 3.67. The molecule has 0 aliphatic heterocycles. The summed E-state index contributed by atoms with van der Waals surface area (Å²) in [6, 6.07) is 3.38. The Morgan fingerprint density at radius 3 is 2.26 bits per heavy atom. The standard InChI is InChI=1S/C16H28N2O3S.ClH/c1-11(2)9-16(5,10-17)18-22(19,20)15-8-12(3)14(21-6)7-13(15)4;/h7-8,11,18H,9-10,17H2,1-6H3;1H. The number of benzene rings is 1. The number of nitrogens with two attached hydrogens (primary N) is 1. The van der Waals surface area contributed by atoms with Crippen molar-refractivity contribution >= 4 is 22.4 Å². The number of hydrogen-bond donors (Lipinski definition) is 2. The smallest absolute Gasteiger partial charge is 0.241 e. The highest BCUT2D eigenvalue weighted by molar-refractivity contribution is 7.89. The van der Waals surface area contributed by atoms with Gasteiger partial charge in [-0.05, 0) is 56.4 Å². The summed E-state index contributed by atoms with van der Waals surface area (Å²) in [5.74, 6) is 1.02. The molecule has 0 aliphatic carbocycles. The van der Waals surface area contributed by atoms with E-state index in [1.165, 1.54) is 0 Å². The van der Waals surface area contributed by atoms with E-state index in [0.717, 1.165) is 5.56 Å². The maximum atomic E-state index is 12.8. The Balaban J connectivity index is 0.00000484. The lowest BCUT2D eigenvalue weighted by Crippen LogP contribution is -2.52. The van der Waals surface area contributed by atoms with E-state index in [9.17, 15) is 8.42 Å². The van der Waals surface area contributed by atoms with Gasteiger partial charge >= 0.3 is 0 Å². The molecule has 0 saturated carbocycles. The van der Waals surface area contributed by atoms with Crippen molar-refractivity contribution in [1.82, 2.24) is 4.72 Å². The van der Waals surface area contributed by atoms with Gasteiger partial charge in [-0.15, -0.1) is 12.4 Å². The molecule has 0 bridgehead atoms. The highest BCUT2D eigenvalue weighted by atomic mass is 35.5. The number of ether oxygens (including phenoxy) is 1. The molecule has 3 N–H and O–H groups in total. The van der Waals surface area contributed by atoms with Crippen LogP contribution in [-0.2, 0) is 10.0 Å². The molecule has 0 amide bonds. The number of methoxy groups -OCH3 is 1. The average Bonchev–Trinajstić information content (AvgIpc) is 2.39. The van der Waals surface area contributed by atoms with Gasteiger partial charge in [0, 0.05) is 12.1 Å². The summed E-state index contributed by atoms with van der Waals surface area (Å²) in [6.07, 6.45) is 0.677. The van der Waals surface area contributed by atoms with Crippen LogP contribution in [0.5, 0.6) is 5.75 Å². The van der Waals surface area contributed by atoms with Crippen LogP contribution in [-0.4, -0.2) is 27.6 Å². The van der Waals surface area contributed by atoms with E-state index in [-0.39, 0.29) is 23.8 Å². The second kappa shape index (κ2) is 8.33. The molecule has 0 fully saturated rings. The van der Waals surface area contributed by atoms with Gasteiger partial charge in [0.2, 0.25) is 10.0 Å². The maximum absolute atomic E-state index is 12.8. The fourth-order valence-corrected chi connectivity index (χ4v) is 4.46. The lowest BCUT2D eigenvalue weighted by atomic mass is 9.92. The molecule has 0 spiro atoms. The SMILES string of the molecule is COc1cc(C)c(S(=O)(=O)NC(C)(CN)CC(C)C)cc1C.Cl. The lowest BCUT2D eigenvalue weighted by molar-refractivity contribution is 0.344. The van der Waals surface area contributed by atoms with Crippen LogP contribution < -0.4 is 15.2 Å². The number of rotatable bonds is 7. The zero-order valence-electron chi connectivity index (χ0n) is 14.8. The van der Waals surface area contributed by atoms with Gasteiger partial charge in [0.15, 0.2) is 0 Å². The van der Waals surface area contributed by atoms with E-state index in [0.29, 0.717) is 23.7 Å². The van der Waals surface area contributed by atoms with Crippen molar-refractivity contribution in [2.45, 2.75) is 51.5 Å². The molecule has 23 heavy (non-hydrogen) atoms. The third-order valence-corrected chi connectivity index (χ3v) is 5.45. The van der Waals surface area contributed by atoms with Crippen LogP contribution in [0, 0.1) is 19.8 Å². The zero-order chi connectivity index (χ0) is 17.1. The first-order valence-corrected chi connectivity index (χ1v) is 8.92. The molecule has 1 rings (SSSR count). The predicted molar refractivity (Wildman–Crippen MR) is 97.0 cm³/mol. The highest BCUT2D eigenvalue weighted by Gasteiger charge is 2.31. The summed E-state index contributed by atoms with van der Waals surface area (Å²) in [4.78, 5) is 0.272. The Labute approximate surface area is 146 Å². The van der Waals surface area contributed by atoms with E-state index < -0.39 is 15.6 Å². The summed E-state index contributed by atoms with van der Waals surface area (Å²) in [5, 5.41) is 0. The van der Waals surface area contributed by atoms with Crippen LogP contribution in [0.25, 0.3) is 0 Å². The number of hydrogen-bond acceptors (Lipinski definition) is 4. The quantitative estimate of drug-likeness (QED) is 0.779. The molecule has 1 unspecified atom stereocenters. The first kappa shape index (κ1) is 22.2. The molecule has 1 aromatic rings. The van der Waals surface area contributed by atoms with Crippen molar-refractivity contribution in [2.75, 3.05) is 13.7 Å². The van der Waals surface area contributed by atoms with Crippen LogP contribution >= 0.6 is 12.4 Å². The number of aryl methyl sites for hydroxylation is 2. The molecule has 1 atom stereocenters. The van der Waals surface area contributed by atoms with Gasteiger partial charge in [-0.25, -0.2) is 13.1 Å². The van der Waals surface area contributed by atoms with Gasteiger partial charge in [-0.3, -0.25) is 0 Å². The van der Waals surface area contributed by atoms with E-state index in [1.54, 1.807) is 26.2 Å². The summed E-state index contributed by atoms with van der Waals surface area (Å²) in [6.45, 7) is 9.77. The minimum absolute atomic E-state index is 0. The second-order valence-electron chi connectivity index (χ2n) is 6.56. The number of nitrogens with one attached hydrogen (secondary N) is 1. The van der Waals surface area contributed by atoms with Crippen molar-refractivity contribution in [3.63, 3.8) is 0 Å². The van der Waals surface area contributed by atoms with Crippen LogP contribution in [0.1, 0.15) is 38.3 Å². The zero-order valence-corrected chi connectivity index (χ0v) is 16.4. The van der Waals surface area contributed by atoms with Crippen LogP contribution in [0.3, 0.4) is 0 Å². The number of halogens is 1. The molecule has 0 radical (unpaired) electrons. The van der Waals surface area contributed by atoms with E-state index in [1.807, 2.05) is 27.7 Å². The minimum Gasteiger partial charge on any atom is -0.496 e. The monoisotopic (exact) mass is 364 g/mol. The summed E-state index contributed by atoms with van der Waals surface area (Å²) < 4.78 is 33.5. The Morgan fingerprint density at radius 2 is 1.83 bits per heavy atom. The number of sulfonamides is 1. The minimum atomic E-state index is -3.64. The Morgan fingerprint density at radius 1 is 1.26 bits per heavy atom. The van der Waals surface area contributed by atoms with Gasteiger partial charge in [-0.2, -0.15) is 0 Å². The van der Waals surface area contributed by atoms with Crippen LogP contribution in [0.4, 0.5) is 0 Å². The molecule has 5 nitrogen and oxygen atoms in total. The van der Waals surface area contributed by atoms with Gasteiger partial charge in [0.25, 0.3) is 0 Å². The fraction of sp³-hybridized carbons (Fsp3) is 0.625. The van der Waals surface area contributed by atoms with Crippen LogP contribution in [0.2, 0.25) is 0 Å². The molecular formula is C16H29ClN2O3S. The van der Waals surface area contributed by atoms with Crippen molar-refractivity contribution in [3.05, 3.63) is 23.3 Å². The van der Waals surface area contributed by atoms with E-state index in [2.05, 4.69) is 4.72 Å². The third kappa shape index (κ3) is 5.64. The summed E-state index contributed by atoms with van der Waals surface area (Å²) in [7, 11) is -2.07. The normalized spacial score (nSPS) is 14.3. The molecule has 0 aromatic heterocycles. The maximum Gasteiger partial charge on any atom is 0.241 e. The largest absolute Gasteiger partial charge is 0.496 e. The Hall–Kier alpha value is -0.820. The first-order valence-electron chi connectivity index (χ1n) is 7.44. The molecular weight excluding hydrogens is 336 g/mol. The Bertz CT molecular complexity index is 632. The van der Waals surface area contributed by atoms with Gasteiger partial charge in [0.1, 0.15) is 5.75 Å². The molecule has 0 saturated heterocycles. The summed E-state index contributed by atoms with van der Waals surface area (Å²) in [5.41, 5.74) is 6.58. The van der Waals surface area contributed by atoms with Gasteiger partial charge < -0.3 is 10.5 Å². The Kier molecular flexibility index (Phi) is 8.03. The summed E-state index contributed by atoms with van der Waals surface area (Å²) >= 11 is 0. The van der Waals surface area contributed by atoms with Crippen molar-refractivity contribution < 1.29 is 13.2 Å². The van der Waals surface area contributed by atoms with Crippen molar-refractivity contribution in [3.8, 4) is 5.75 Å². The molecule has 0 aliphatic rings. The van der Waals surface area contributed by atoms with Crippen molar-refractivity contribution in [1.29, 1.82) is 0 Å². The van der Waals surface area contributed by atoms with E-state index >= 15 is 0 Å². The predicted octanol–water partition coefficient (Wildman–Crippen LogP) is 2.78. The molecule has 134 valence electrons. The lowest BCUT2D eigenvalue weighted by Gasteiger charge is -2.31. The van der Waals surface area contributed by atoms with Crippen molar-refractivity contribution in [2.24, 2.45) is 11.7 Å². The molecule has 0 heterocycles. The molecule has 1 aromatic carbocycles. The van der Waals surface area contributed by atoms with Crippen LogP contribution in [0.15, 0.2) is 17.0 Å². The average molecular weight is 365 g/mol. The van der Waals surface area contributed by atoms with E-state index in [4.69, 9.17) is 10.5 Å². The van der Waals surface area contributed by atoms with Gasteiger partial charge in [-0.1, -0.05) is 13.8 Å². The molecule has 7 heteroatoms. The van der Waals surface area contributed by atoms with Gasteiger partial charge in [0.05, 0.1) is 12.0 Å². The highest BCUT2D eigenvalue weighted by Crippen LogP contribution is 2.27. The fourth-order valence-electron chi connectivity index (χ4n) is 2.72. The first-order chi connectivity index (χ1) is 10.0.